The fraction of sp³-hybridized carbons (Fsp3) is 0.243. The number of Topliss-reactive ketones (excluding diaryl/α,β-unsaturated/α-hetero) is 2. The third kappa shape index (κ3) is 4.76. The van der Waals surface area contributed by atoms with Gasteiger partial charge in [0.15, 0.2) is 16.5 Å². The lowest BCUT2D eigenvalue weighted by atomic mass is 9.54. The molecule has 1 saturated carbocycles. The number of carbonyl (C=O) groups excluding carboxylic acids is 3. The van der Waals surface area contributed by atoms with Crippen LogP contribution in [0.5, 0.6) is 5.75 Å². The average Bonchev–Trinajstić information content (AvgIpc) is 3.56. The number of ketones is 2. The van der Waals surface area contributed by atoms with E-state index in [2.05, 4.69) is 10.3 Å². The van der Waals surface area contributed by atoms with E-state index in [0.29, 0.717) is 16.4 Å². The van der Waals surface area contributed by atoms with Crippen molar-refractivity contribution in [3.8, 4) is 28.1 Å². The minimum Gasteiger partial charge on any atom is -0.508 e. The zero-order valence-electron chi connectivity index (χ0n) is 27.2. The van der Waals surface area contributed by atoms with Crippen molar-refractivity contribution in [2.24, 2.45) is 17.6 Å². The van der Waals surface area contributed by atoms with E-state index in [-0.39, 0.29) is 11.3 Å². The van der Waals surface area contributed by atoms with Gasteiger partial charge < -0.3 is 36.6 Å². The second-order valence-electron chi connectivity index (χ2n) is 13.1. The molecule has 13 heteroatoms. The van der Waals surface area contributed by atoms with Crippen molar-refractivity contribution in [1.82, 2.24) is 9.88 Å². The van der Waals surface area contributed by atoms with E-state index in [1.54, 1.807) is 19.1 Å². The molecule has 0 spiro atoms. The molecule has 3 aliphatic carbocycles. The van der Waals surface area contributed by atoms with Crippen LogP contribution >= 0.6 is 11.3 Å². The van der Waals surface area contributed by atoms with Crippen LogP contribution in [0, 0.1) is 11.8 Å². The zero-order valence-corrected chi connectivity index (χ0v) is 28.0. The number of amides is 1. The van der Waals surface area contributed by atoms with Gasteiger partial charge in [-0.3, -0.25) is 19.3 Å². The minimum atomic E-state index is -2.98. The largest absolute Gasteiger partial charge is 0.508 e. The van der Waals surface area contributed by atoms with Crippen LogP contribution in [0.2, 0.25) is 0 Å². The Hall–Kier alpha value is -5.34. The molecule has 4 aromatic rings. The molecule has 0 saturated heterocycles. The number of thiazole rings is 1. The maximum Gasteiger partial charge on any atom is 0.255 e. The van der Waals surface area contributed by atoms with Crippen molar-refractivity contribution in [3.05, 3.63) is 100 Å². The van der Waals surface area contributed by atoms with Gasteiger partial charge in [0.25, 0.3) is 5.91 Å². The van der Waals surface area contributed by atoms with E-state index in [4.69, 9.17) is 5.73 Å². The first-order chi connectivity index (χ1) is 23.8. The van der Waals surface area contributed by atoms with E-state index in [0.717, 1.165) is 16.7 Å². The summed E-state index contributed by atoms with van der Waals surface area (Å²) in [6, 6.07) is 19.7. The Morgan fingerprint density at radius 1 is 0.960 bits per heavy atom. The molecule has 1 aromatic heterocycles. The molecule has 6 atom stereocenters. The molecule has 8 N–H and O–H groups in total. The summed E-state index contributed by atoms with van der Waals surface area (Å²) in [6.45, 7) is 1.68. The molecule has 1 heterocycles. The Labute approximate surface area is 290 Å². The number of anilines is 2. The lowest BCUT2D eigenvalue weighted by molar-refractivity contribution is -0.169. The Bertz CT molecular complexity index is 2140. The number of aromatic nitrogens is 1. The lowest BCUT2D eigenvalue weighted by Crippen LogP contribution is -2.70. The number of phenolic OH excluding ortho intramolecular Hbond substituents is 1. The molecule has 6 unspecified atom stereocenters. The quantitative estimate of drug-likeness (QED) is 0.113. The second kappa shape index (κ2) is 11.9. The van der Waals surface area contributed by atoms with Gasteiger partial charge in [-0.05, 0) is 42.8 Å². The van der Waals surface area contributed by atoms with Crippen molar-refractivity contribution < 1.29 is 39.9 Å². The summed E-state index contributed by atoms with van der Waals surface area (Å²) in [6.07, 6.45) is -1.67. The number of nitrogens with one attached hydrogen (secondary N) is 1. The molecule has 3 aromatic carbocycles. The normalized spacial score (nSPS) is 26.1. The number of rotatable bonds is 6. The summed E-state index contributed by atoms with van der Waals surface area (Å²) in [7, 11) is 2.92. The SMILES string of the molecule is CC1c2ccc(Nc3nc(-c4ccc(-c5ccccc5)cc4)cs3)c(O)c2C(O)=C2C(=O)C3(O)C(O)=C(C(N)=O)C(=O)C(N(C)C)C3C(O)C21. The fourth-order valence-electron chi connectivity index (χ4n) is 7.76. The molecule has 0 bridgehead atoms. The number of aliphatic hydroxyl groups is 4. The number of aliphatic hydroxyl groups excluding tert-OH is 3. The maximum absolute atomic E-state index is 14.2. The summed E-state index contributed by atoms with van der Waals surface area (Å²) in [5.74, 6) is -9.43. The first-order valence-corrected chi connectivity index (χ1v) is 16.7. The molecule has 50 heavy (non-hydrogen) atoms. The van der Waals surface area contributed by atoms with Gasteiger partial charge in [-0.25, -0.2) is 4.98 Å². The van der Waals surface area contributed by atoms with Gasteiger partial charge in [0.2, 0.25) is 5.78 Å². The summed E-state index contributed by atoms with van der Waals surface area (Å²) in [5, 5.41) is 63.3. The molecule has 256 valence electrons. The van der Waals surface area contributed by atoms with Gasteiger partial charge in [0.05, 0.1) is 35.0 Å². The number of hydrogen-bond donors (Lipinski definition) is 7. The standard InChI is InChI=1S/C37H34N4O8S/c1-16-20-13-14-21(39-36-40-22(15-50-36)19-11-9-18(10-12-19)17-7-5-4-6-8-17)29(42)24(20)30(43)25-23(16)31(44)27-28(41(2)3)32(45)26(35(38)48)34(47)37(27,49)33(25)46/h4-16,23,27-28,31,42-44,47,49H,1-3H3,(H2,38,48)(H,39,40). The number of fused-ring (bicyclic) bond motifs is 3. The lowest BCUT2D eigenvalue weighted by Gasteiger charge is -2.53. The Balaban J connectivity index is 1.25. The monoisotopic (exact) mass is 694 g/mol. The highest BCUT2D eigenvalue weighted by Gasteiger charge is 2.68. The van der Waals surface area contributed by atoms with E-state index in [1.807, 2.05) is 60.0 Å². The number of benzene rings is 3. The zero-order chi connectivity index (χ0) is 35.8. The van der Waals surface area contributed by atoms with Gasteiger partial charge in [0.1, 0.15) is 22.8 Å². The van der Waals surface area contributed by atoms with E-state index < -0.39 is 81.4 Å². The van der Waals surface area contributed by atoms with Crippen LogP contribution in [-0.4, -0.2) is 84.7 Å². The van der Waals surface area contributed by atoms with Gasteiger partial charge in [-0.1, -0.05) is 67.6 Å². The molecule has 1 fully saturated rings. The number of hydrogen-bond acceptors (Lipinski definition) is 12. The summed E-state index contributed by atoms with van der Waals surface area (Å²) < 4.78 is 0. The van der Waals surface area contributed by atoms with E-state index in [1.165, 1.54) is 30.3 Å². The number of primary amides is 1. The van der Waals surface area contributed by atoms with E-state index >= 15 is 0 Å². The van der Waals surface area contributed by atoms with Crippen LogP contribution in [0.1, 0.15) is 24.0 Å². The topological polar surface area (TPSA) is 207 Å². The number of nitrogens with zero attached hydrogens (tertiary/aromatic N) is 2. The maximum atomic E-state index is 14.2. The van der Waals surface area contributed by atoms with Crippen LogP contribution in [0.4, 0.5) is 10.8 Å². The van der Waals surface area contributed by atoms with Crippen LogP contribution < -0.4 is 11.1 Å². The Morgan fingerprint density at radius 2 is 1.60 bits per heavy atom. The van der Waals surface area contributed by atoms with Gasteiger partial charge >= 0.3 is 0 Å². The van der Waals surface area contributed by atoms with Crippen molar-refractivity contribution in [3.63, 3.8) is 0 Å². The molecule has 12 nitrogen and oxygen atoms in total. The Kier molecular flexibility index (Phi) is 7.90. The van der Waals surface area contributed by atoms with Crippen molar-refractivity contribution in [2.75, 3.05) is 19.4 Å². The van der Waals surface area contributed by atoms with Gasteiger partial charge in [-0.2, -0.15) is 0 Å². The summed E-state index contributed by atoms with van der Waals surface area (Å²) in [4.78, 5) is 45.9. The third-order valence-electron chi connectivity index (χ3n) is 10.2. The molecule has 1 amide bonds. The highest BCUT2D eigenvalue weighted by Crippen LogP contribution is 2.56. The molecule has 7 rings (SSSR count). The Morgan fingerprint density at radius 3 is 2.24 bits per heavy atom. The van der Waals surface area contributed by atoms with Crippen LogP contribution in [0.15, 0.2) is 89.0 Å². The van der Waals surface area contributed by atoms with Crippen molar-refractivity contribution in [2.45, 2.75) is 30.6 Å². The molecule has 0 aliphatic heterocycles. The second-order valence-corrected chi connectivity index (χ2v) is 13.9. The highest BCUT2D eigenvalue weighted by molar-refractivity contribution is 7.14. The first-order valence-electron chi connectivity index (χ1n) is 15.8. The van der Waals surface area contributed by atoms with Crippen LogP contribution in [0.3, 0.4) is 0 Å². The predicted molar refractivity (Wildman–Crippen MR) is 187 cm³/mol. The van der Waals surface area contributed by atoms with Crippen LogP contribution in [-0.2, 0) is 14.4 Å². The number of nitrogens with two attached hydrogens (primary N) is 1. The van der Waals surface area contributed by atoms with E-state index in [9.17, 15) is 39.9 Å². The smallest absolute Gasteiger partial charge is 0.255 e. The minimum absolute atomic E-state index is 0.112. The van der Waals surface area contributed by atoms with Gasteiger partial charge in [0, 0.05) is 22.4 Å². The number of aromatic hydroxyl groups is 1. The number of phenols is 1. The molecular weight excluding hydrogens is 660 g/mol. The summed E-state index contributed by atoms with van der Waals surface area (Å²) >= 11 is 1.29. The van der Waals surface area contributed by atoms with Gasteiger partial charge in [-0.15, -0.1) is 11.3 Å². The highest BCUT2D eigenvalue weighted by atomic mass is 32.1. The molecular formula is C37H34N4O8S. The van der Waals surface area contributed by atoms with Crippen molar-refractivity contribution in [1.29, 1.82) is 0 Å². The molecule has 0 radical (unpaired) electrons. The summed E-state index contributed by atoms with van der Waals surface area (Å²) in [5.41, 5.74) is 5.18. The third-order valence-corrected chi connectivity index (χ3v) is 10.9. The first kappa shape index (κ1) is 33.2. The number of carbonyl (C=O) groups is 3. The van der Waals surface area contributed by atoms with Crippen LogP contribution in [0.25, 0.3) is 28.1 Å². The predicted octanol–water partition coefficient (Wildman–Crippen LogP) is 4.03. The number of likely N-dealkylation sites (N-methyl/N-ethyl adjacent to an activating group) is 1. The van der Waals surface area contributed by atoms with Crippen molar-refractivity contribution >= 4 is 45.4 Å². The fourth-order valence-corrected chi connectivity index (χ4v) is 8.49. The average molecular weight is 695 g/mol. The molecule has 3 aliphatic rings.